The molecule has 1 aliphatic carbocycles. The van der Waals surface area contributed by atoms with E-state index < -0.39 is 0 Å². The Kier molecular flexibility index (Phi) is 4.33. The molecular weight excluding hydrogens is 288 g/mol. The number of nitrogens with one attached hydrogen (secondary N) is 1. The van der Waals surface area contributed by atoms with Gasteiger partial charge >= 0.3 is 0 Å². The molecule has 1 atom stereocenters. The van der Waals surface area contributed by atoms with Gasteiger partial charge in [0, 0.05) is 38.1 Å². The molecule has 1 saturated carbocycles. The number of aromatic nitrogens is 2. The van der Waals surface area contributed by atoms with Crippen molar-refractivity contribution in [3.05, 3.63) is 30.0 Å². The van der Waals surface area contributed by atoms with Crippen LogP contribution in [0.1, 0.15) is 18.4 Å². The van der Waals surface area contributed by atoms with Crippen molar-refractivity contribution in [3.63, 3.8) is 0 Å². The van der Waals surface area contributed by atoms with Gasteiger partial charge in [-0.3, -0.25) is 10.00 Å². The Morgan fingerprint density at radius 2 is 2.26 bits per heavy atom. The maximum Gasteiger partial charge on any atom is 0.0829 e. The van der Waals surface area contributed by atoms with Crippen LogP contribution in [-0.4, -0.2) is 65.9 Å². The van der Waals surface area contributed by atoms with E-state index in [4.69, 9.17) is 4.74 Å². The normalized spacial score (nSPS) is 23.0. The molecule has 1 saturated heterocycles. The van der Waals surface area contributed by atoms with Crippen LogP contribution in [-0.2, 0) is 11.3 Å². The van der Waals surface area contributed by atoms with Gasteiger partial charge in [-0.05, 0) is 37.4 Å². The zero-order chi connectivity index (χ0) is 15.6. The first kappa shape index (κ1) is 15.1. The van der Waals surface area contributed by atoms with E-state index in [1.54, 1.807) is 0 Å². The fourth-order valence-electron chi connectivity index (χ4n) is 3.54. The van der Waals surface area contributed by atoms with Crippen LogP contribution in [0, 0.1) is 5.92 Å². The van der Waals surface area contributed by atoms with Gasteiger partial charge in [0.1, 0.15) is 0 Å². The van der Waals surface area contributed by atoms with Crippen molar-refractivity contribution in [2.45, 2.75) is 25.5 Å². The summed E-state index contributed by atoms with van der Waals surface area (Å²) in [5.41, 5.74) is 2.46. The Bertz CT molecular complexity index is 651. The Morgan fingerprint density at radius 1 is 1.35 bits per heavy atom. The van der Waals surface area contributed by atoms with Crippen LogP contribution in [0.2, 0.25) is 0 Å². The average molecular weight is 314 g/mol. The zero-order valence-corrected chi connectivity index (χ0v) is 13.9. The molecular formula is C18H26N4O. The molecule has 2 aliphatic rings. The molecule has 0 amide bonds. The van der Waals surface area contributed by atoms with E-state index in [1.807, 2.05) is 6.20 Å². The van der Waals surface area contributed by atoms with Crippen LogP contribution in [0.3, 0.4) is 0 Å². The lowest BCUT2D eigenvalue weighted by atomic mass is 10.1. The lowest BCUT2D eigenvalue weighted by Gasteiger charge is -2.35. The fourth-order valence-corrected chi connectivity index (χ4v) is 3.54. The van der Waals surface area contributed by atoms with Gasteiger partial charge < -0.3 is 9.64 Å². The monoisotopic (exact) mass is 314 g/mol. The highest BCUT2D eigenvalue weighted by Gasteiger charge is 2.26. The van der Waals surface area contributed by atoms with Crippen LogP contribution in [0.4, 0.5) is 0 Å². The second-order valence-corrected chi connectivity index (χ2v) is 7.18. The predicted molar refractivity (Wildman–Crippen MR) is 91.3 cm³/mol. The molecule has 5 heteroatoms. The number of benzene rings is 1. The molecule has 23 heavy (non-hydrogen) atoms. The highest BCUT2D eigenvalue weighted by atomic mass is 16.5. The largest absolute Gasteiger partial charge is 0.374 e. The second-order valence-electron chi connectivity index (χ2n) is 7.18. The smallest absolute Gasteiger partial charge is 0.0829 e. The molecule has 0 radical (unpaired) electrons. The molecule has 1 aliphatic heterocycles. The Labute approximate surface area is 137 Å². The van der Waals surface area contributed by atoms with Gasteiger partial charge in [-0.15, -0.1) is 0 Å². The lowest BCUT2D eigenvalue weighted by molar-refractivity contribution is -0.0434. The molecule has 1 aromatic heterocycles. The van der Waals surface area contributed by atoms with E-state index >= 15 is 0 Å². The summed E-state index contributed by atoms with van der Waals surface area (Å²) in [6.07, 6.45) is 5.04. The van der Waals surface area contributed by atoms with E-state index in [-0.39, 0.29) is 0 Å². The van der Waals surface area contributed by atoms with Crippen molar-refractivity contribution in [2.75, 3.05) is 39.8 Å². The fraction of sp³-hybridized carbons (Fsp3) is 0.611. The van der Waals surface area contributed by atoms with Crippen LogP contribution in [0.25, 0.3) is 10.9 Å². The van der Waals surface area contributed by atoms with Gasteiger partial charge in [-0.2, -0.15) is 5.10 Å². The zero-order valence-electron chi connectivity index (χ0n) is 13.9. The molecule has 1 aromatic carbocycles. The Morgan fingerprint density at radius 3 is 3.13 bits per heavy atom. The third-order valence-corrected chi connectivity index (χ3v) is 4.92. The second kappa shape index (κ2) is 6.59. The summed E-state index contributed by atoms with van der Waals surface area (Å²) in [5.74, 6) is 0.945. The number of hydrogen-bond acceptors (Lipinski definition) is 4. The topological polar surface area (TPSA) is 44.4 Å². The highest BCUT2D eigenvalue weighted by Crippen LogP contribution is 2.29. The molecule has 1 N–H and O–H groups in total. The number of rotatable bonds is 6. The third-order valence-electron chi connectivity index (χ3n) is 4.92. The molecule has 124 valence electrons. The number of H-pyrrole nitrogens is 1. The van der Waals surface area contributed by atoms with Gasteiger partial charge in [0.25, 0.3) is 0 Å². The van der Waals surface area contributed by atoms with Gasteiger partial charge in [-0.25, -0.2) is 0 Å². The first-order chi connectivity index (χ1) is 11.3. The van der Waals surface area contributed by atoms with Crippen molar-refractivity contribution >= 4 is 10.9 Å². The molecule has 4 rings (SSSR count). The summed E-state index contributed by atoms with van der Waals surface area (Å²) in [5, 5.41) is 8.33. The number of ether oxygens (including phenoxy) is 1. The van der Waals surface area contributed by atoms with Crippen molar-refractivity contribution < 1.29 is 4.74 Å². The van der Waals surface area contributed by atoms with Crippen molar-refractivity contribution in [2.24, 2.45) is 5.92 Å². The van der Waals surface area contributed by atoms with E-state index in [2.05, 4.69) is 45.2 Å². The van der Waals surface area contributed by atoms with Crippen LogP contribution < -0.4 is 0 Å². The SMILES string of the molecule is CN(CC1CC1)C[C@H]1CN(Cc2ccc3cn[nH]c3c2)CCO1. The van der Waals surface area contributed by atoms with E-state index in [9.17, 15) is 0 Å². The summed E-state index contributed by atoms with van der Waals surface area (Å²) in [6.45, 7) is 6.15. The molecule has 2 aromatic rings. The molecule has 0 bridgehead atoms. The number of hydrogen-bond donors (Lipinski definition) is 1. The standard InChI is InChI=1S/C18H26N4O/c1-21(10-14-2-3-14)12-17-13-22(6-7-23-17)11-15-4-5-16-9-19-20-18(16)8-15/h4-5,8-9,14,17H,2-3,6-7,10-13H2,1H3,(H,19,20)/t17-/m0/s1. The lowest BCUT2D eigenvalue weighted by Crippen LogP contribution is -2.46. The van der Waals surface area contributed by atoms with Crippen LogP contribution >= 0.6 is 0 Å². The Hall–Kier alpha value is -1.43. The molecule has 5 nitrogen and oxygen atoms in total. The van der Waals surface area contributed by atoms with Crippen LogP contribution in [0.15, 0.2) is 24.4 Å². The van der Waals surface area contributed by atoms with Gasteiger partial charge in [0.2, 0.25) is 0 Å². The minimum absolute atomic E-state index is 0.336. The van der Waals surface area contributed by atoms with Gasteiger partial charge in [0.15, 0.2) is 0 Å². The van der Waals surface area contributed by atoms with E-state index in [0.717, 1.165) is 44.2 Å². The van der Waals surface area contributed by atoms with E-state index in [1.165, 1.54) is 30.3 Å². The average Bonchev–Trinajstić information content (AvgIpc) is 3.22. The number of aromatic amines is 1. The molecule has 0 unspecified atom stereocenters. The van der Waals surface area contributed by atoms with Gasteiger partial charge in [-0.1, -0.05) is 12.1 Å². The summed E-state index contributed by atoms with van der Waals surface area (Å²) in [4.78, 5) is 4.96. The molecule has 0 spiro atoms. The van der Waals surface area contributed by atoms with Crippen molar-refractivity contribution in [1.82, 2.24) is 20.0 Å². The molecule has 2 heterocycles. The molecule has 2 fully saturated rings. The number of fused-ring (bicyclic) bond motifs is 1. The maximum atomic E-state index is 5.98. The number of nitrogens with zero attached hydrogens (tertiary/aromatic N) is 3. The summed E-state index contributed by atoms with van der Waals surface area (Å²) < 4.78 is 5.98. The number of likely N-dealkylation sites (N-methyl/N-ethyl adjacent to an activating group) is 1. The van der Waals surface area contributed by atoms with Crippen molar-refractivity contribution in [3.8, 4) is 0 Å². The third kappa shape index (κ3) is 3.91. The minimum atomic E-state index is 0.336. The number of morpholine rings is 1. The first-order valence-corrected chi connectivity index (χ1v) is 8.71. The Balaban J connectivity index is 1.32. The minimum Gasteiger partial charge on any atom is -0.374 e. The van der Waals surface area contributed by atoms with Gasteiger partial charge in [0.05, 0.1) is 24.4 Å². The summed E-state index contributed by atoms with van der Waals surface area (Å²) in [7, 11) is 2.23. The quantitative estimate of drug-likeness (QED) is 0.887. The highest BCUT2D eigenvalue weighted by molar-refractivity contribution is 5.78. The summed E-state index contributed by atoms with van der Waals surface area (Å²) >= 11 is 0. The van der Waals surface area contributed by atoms with Crippen LogP contribution in [0.5, 0.6) is 0 Å². The van der Waals surface area contributed by atoms with E-state index in [0.29, 0.717) is 6.10 Å². The summed E-state index contributed by atoms with van der Waals surface area (Å²) in [6, 6.07) is 6.57. The van der Waals surface area contributed by atoms with Crippen molar-refractivity contribution in [1.29, 1.82) is 0 Å². The predicted octanol–water partition coefficient (Wildman–Crippen LogP) is 2.11. The first-order valence-electron chi connectivity index (χ1n) is 8.71. The maximum absolute atomic E-state index is 5.98.